The van der Waals surface area contributed by atoms with Crippen LogP contribution in [-0.4, -0.2) is 51.5 Å². The summed E-state index contributed by atoms with van der Waals surface area (Å²) in [6, 6.07) is 3.94. The lowest BCUT2D eigenvalue weighted by molar-refractivity contribution is -0.479. The van der Waals surface area contributed by atoms with Gasteiger partial charge in [-0.15, -0.1) is 0 Å². The van der Waals surface area contributed by atoms with Crippen molar-refractivity contribution in [2.45, 2.75) is 12.5 Å². The zero-order chi connectivity index (χ0) is 18.7. The number of nitro groups is 1. The first kappa shape index (κ1) is 17.7. The summed E-state index contributed by atoms with van der Waals surface area (Å²) < 4.78 is 0. The van der Waals surface area contributed by atoms with Gasteiger partial charge in [0.05, 0.1) is 0 Å². The van der Waals surface area contributed by atoms with E-state index < -0.39 is 41.5 Å². The maximum absolute atomic E-state index is 12.0. The molecular weight excluding hydrogens is 336 g/mol. The molecule has 0 aliphatic carbocycles. The van der Waals surface area contributed by atoms with E-state index in [9.17, 15) is 24.5 Å². The standard InChI is InChI=1S/C13H14N6O6/c14-12(15)18(19(24)25)8-3-1-7(2-4-8)5-9-11(22)17(6-10(20)21)13(23)16-9/h1-4,9H,5-6H2,(H3,14,15)(H,16,23)(H,20,21). The zero-order valence-electron chi connectivity index (χ0n) is 12.7. The highest BCUT2D eigenvalue weighted by molar-refractivity contribution is 6.06. The second kappa shape index (κ2) is 6.82. The molecule has 1 aromatic carbocycles. The molecule has 25 heavy (non-hydrogen) atoms. The second-order valence-electron chi connectivity index (χ2n) is 5.13. The predicted molar refractivity (Wildman–Crippen MR) is 83.2 cm³/mol. The molecule has 1 aromatic rings. The van der Waals surface area contributed by atoms with Crippen LogP contribution in [0.5, 0.6) is 0 Å². The van der Waals surface area contributed by atoms with Gasteiger partial charge in [0, 0.05) is 6.42 Å². The number of aliphatic carboxylic acids is 1. The number of carboxylic acid groups (broad SMARTS) is 1. The molecule has 1 saturated heterocycles. The maximum Gasteiger partial charge on any atom is 0.325 e. The van der Waals surface area contributed by atoms with E-state index >= 15 is 0 Å². The lowest BCUT2D eigenvalue weighted by Gasteiger charge is -2.13. The predicted octanol–water partition coefficient (Wildman–Crippen LogP) is -0.874. The van der Waals surface area contributed by atoms with Crippen LogP contribution in [0, 0.1) is 15.5 Å². The third kappa shape index (κ3) is 3.80. The molecule has 132 valence electrons. The first-order valence-corrected chi connectivity index (χ1v) is 6.91. The van der Waals surface area contributed by atoms with Crippen molar-refractivity contribution in [3.63, 3.8) is 0 Å². The number of nitrogens with two attached hydrogens (primary N) is 1. The van der Waals surface area contributed by atoms with Crippen LogP contribution < -0.4 is 16.1 Å². The number of anilines is 1. The lowest BCUT2D eigenvalue weighted by atomic mass is 10.1. The number of rotatable bonds is 6. The second-order valence-corrected chi connectivity index (χ2v) is 5.13. The van der Waals surface area contributed by atoms with E-state index in [0.29, 0.717) is 15.5 Å². The molecule has 0 aromatic heterocycles. The van der Waals surface area contributed by atoms with Gasteiger partial charge in [-0.2, -0.15) is 0 Å². The minimum Gasteiger partial charge on any atom is -0.480 e. The van der Waals surface area contributed by atoms with E-state index in [1.54, 1.807) is 0 Å². The number of carboxylic acids is 1. The summed E-state index contributed by atoms with van der Waals surface area (Å²) in [4.78, 5) is 45.8. The summed E-state index contributed by atoms with van der Waals surface area (Å²) in [5, 5.41) is 28.7. The van der Waals surface area contributed by atoms with Gasteiger partial charge in [-0.3, -0.25) is 19.9 Å². The van der Waals surface area contributed by atoms with Crippen molar-refractivity contribution in [1.82, 2.24) is 10.2 Å². The fourth-order valence-corrected chi connectivity index (χ4v) is 2.33. The molecule has 12 heteroatoms. The topological polar surface area (TPSA) is 183 Å². The third-order valence-electron chi connectivity index (χ3n) is 3.41. The lowest BCUT2D eigenvalue weighted by Crippen LogP contribution is -2.41. The Bertz CT molecular complexity index is 734. The summed E-state index contributed by atoms with van der Waals surface area (Å²) in [5.74, 6) is -2.73. The molecule has 12 nitrogen and oxygen atoms in total. The molecule has 1 aliphatic heterocycles. The average Bonchev–Trinajstić information content (AvgIpc) is 2.75. The Balaban J connectivity index is 2.10. The molecule has 1 heterocycles. The third-order valence-corrected chi connectivity index (χ3v) is 3.41. The average molecular weight is 350 g/mol. The highest BCUT2D eigenvalue weighted by Crippen LogP contribution is 2.18. The highest BCUT2D eigenvalue weighted by atomic mass is 16.7. The first-order valence-electron chi connectivity index (χ1n) is 6.91. The fraction of sp³-hybridized carbons (Fsp3) is 0.231. The van der Waals surface area contributed by atoms with Gasteiger partial charge in [-0.1, -0.05) is 12.1 Å². The monoisotopic (exact) mass is 350 g/mol. The van der Waals surface area contributed by atoms with Crippen molar-refractivity contribution in [1.29, 1.82) is 5.41 Å². The van der Waals surface area contributed by atoms with Crippen LogP contribution in [0.3, 0.4) is 0 Å². The van der Waals surface area contributed by atoms with E-state index in [4.69, 9.17) is 16.2 Å². The van der Waals surface area contributed by atoms with Gasteiger partial charge in [0.2, 0.25) is 0 Å². The number of guanidine groups is 1. The molecule has 0 saturated carbocycles. The van der Waals surface area contributed by atoms with Crippen molar-refractivity contribution in [2.75, 3.05) is 11.6 Å². The van der Waals surface area contributed by atoms with Crippen LogP contribution in [0.4, 0.5) is 10.5 Å². The van der Waals surface area contributed by atoms with E-state index in [-0.39, 0.29) is 12.1 Å². The number of benzene rings is 1. The number of nitrogens with zero attached hydrogens (tertiary/aromatic N) is 3. The largest absolute Gasteiger partial charge is 0.480 e. The van der Waals surface area contributed by atoms with Crippen molar-refractivity contribution in [3.8, 4) is 0 Å². The maximum atomic E-state index is 12.0. The Morgan fingerprint density at radius 2 is 2.00 bits per heavy atom. The van der Waals surface area contributed by atoms with Gasteiger partial charge in [-0.25, -0.2) is 14.9 Å². The number of imide groups is 1. The minimum atomic E-state index is -1.31. The number of hydrazine groups is 1. The molecule has 1 aliphatic rings. The van der Waals surface area contributed by atoms with Gasteiger partial charge in [0.1, 0.15) is 18.3 Å². The van der Waals surface area contributed by atoms with Gasteiger partial charge in [0.25, 0.3) is 11.9 Å². The number of carbonyl (C=O) groups excluding carboxylic acids is 2. The molecular formula is C13H14N6O6. The van der Waals surface area contributed by atoms with Crippen molar-refractivity contribution in [2.24, 2.45) is 5.73 Å². The SMILES string of the molecule is N=C(N)N(c1ccc(CC2NC(=O)N(CC(=O)O)C2=O)cc1)[N+](=O)[O-]. The molecule has 0 spiro atoms. The first-order chi connectivity index (χ1) is 11.7. The summed E-state index contributed by atoms with van der Waals surface area (Å²) in [5.41, 5.74) is 5.78. The molecule has 1 unspecified atom stereocenters. The van der Waals surface area contributed by atoms with Gasteiger partial charge in [-0.05, 0) is 22.7 Å². The highest BCUT2D eigenvalue weighted by Gasteiger charge is 2.38. The van der Waals surface area contributed by atoms with Crippen molar-refractivity contribution in [3.05, 3.63) is 39.9 Å². The number of nitrogens with one attached hydrogen (secondary N) is 2. The Morgan fingerprint density at radius 1 is 1.40 bits per heavy atom. The van der Waals surface area contributed by atoms with Crippen LogP contribution in [0.15, 0.2) is 24.3 Å². The quantitative estimate of drug-likeness (QED) is 0.168. The van der Waals surface area contributed by atoms with E-state index in [2.05, 4.69) is 5.32 Å². The van der Waals surface area contributed by atoms with Crippen molar-refractivity contribution >= 4 is 29.6 Å². The fourth-order valence-electron chi connectivity index (χ4n) is 2.33. The summed E-state index contributed by atoms with van der Waals surface area (Å²) in [6.45, 7) is -0.726. The number of hydrogen-bond acceptors (Lipinski definition) is 6. The van der Waals surface area contributed by atoms with Crippen LogP contribution in [0.2, 0.25) is 0 Å². The van der Waals surface area contributed by atoms with Crippen LogP contribution in [0.1, 0.15) is 5.56 Å². The van der Waals surface area contributed by atoms with E-state index in [1.807, 2.05) is 0 Å². The Labute approximate surface area is 140 Å². The summed E-state index contributed by atoms with van der Waals surface area (Å²) >= 11 is 0. The van der Waals surface area contributed by atoms with Gasteiger partial charge >= 0.3 is 12.0 Å². The number of hydrogen-bond donors (Lipinski definition) is 4. The number of amides is 3. The van der Waals surface area contributed by atoms with Gasteiger partial charge in [0.15, 0.2) is 5.03 Å². The summed E-state index contributed by atoms with van der Waals surface area (Å²) in [6.07, 6.45) is 0.0828. The van der Waals surface area contributed by atoms with E-state index in [0.717, 1.165) is 0 Å². The Hall–Kier alpha value is -3.70. The number of carbonyl (C=O) groups is 3. The van der Waals surface area contributed by atoms with Gasteiger partial charge < -0.3 is 16.2 Å². The Kier molecular flexibility index (Phi) is 4.81. The smallest absolute Gasteiger partial charge is 0.325 e. The van der Waals surface area contributed by atoms with Crippen LogP contribution in [0.25, 0.3) is 0 Å². The van der Waals surface area contributed by atoms with E-state index in [1.165, 1.54) is 24.3 Å². The Morgan fingerprint density at radius 3 is 2.48 bits per heavy atom. The molecule has 0 bridgehead atoms. The molecule has 5 N–H and O–H groups in total. The normalized spacial score (nSPS) is 16.5. The molecule has 3 amide bonds. The number of urea groups is 1. The molecule has 1 atom stereocenters. The van der Waals surface area contributed by atoms with Crippen LogP contribution >= 0.6 is 0 Å². The molecule has 1 fully saturated rings. The molecule has 2 rings (SSSR count). The molecule has 0 radical (unpaired) electrons. The van der Waals surface area contributed by atoms with Crippen LogP contribution in [-0.2, 0) is 16.0 Å². The summed E-state index contributed by atoms with van der Waals surface area (Å²) in [7, 11) is 0. The zero-order valence-corrected chi connectivity index (χ0v) is 12.7. The van der Waals surface area contributed by atoms with Crippen molar-refractivity contribution < 1.29 is 24.5 Å². The minimum absolute atomic E-state index is 0.0514.